The maximum absolute atomic E-state index is 13.1. The highest BCUT2D eigenvalue weighted by Gasteiger charge is 2.58. The highest BCUT2D eigenvalue weighted by atomic mass is 16.5. The first-order valence-electron chi connectivity index (χ1n) is 12.1. The van der Waals surface area contributed by atoms with E-state index in [1.807, 2.05) is 96.6 Å². The Morgan fingerprint density at radius 3 is 1.94 bits per heavy atom. The summed E-state index contributed by atoms with van der Waals surface area (Å²) in [5.74, 6) is 3.75. The summed E-state index contributed by atoms with van der Waals surface area (Å²) in [6.07, 6.45) is 0.691. The maximum atomic E-state index is 13.1. The minimum Gasteiger partial charge on any atom is -0.457 e. The molecule has 0 N–H and O–H groups in total. The van der Waals surface area contributed by atoms with Crippen LogP contribution in [0, 0.1) is 30.6 Å². The van der Waals surface area contributed by atoms with E-state index in [9.17, 15) is 9.59 Å². The predicted octanol–water partition coefficient (Wildman–Crippen LogP) is 5.27. The van der Waals surface area contributed by atoms with E-state index in [1.165, 1.54) is 5.56 Å². The highest BCUT2D eigenvalue weighted by molar-refractivity contribution is 5.99. The Labute approximate surface area is 205 Å². The number of ether oxygens (including phenoxy) is 2. The fraction of sp³-hybridized carbons (Fsp3) is 0.310. The zero-order valence-corrected chi connectivity index (χ0v) is 19.9. The minimum absolute atomic E-state index is 0.0302. The molecular weight excluding hydrogens is 440 g/mol. The van der Waals surface area contributed by atoms with E-state index in [1.54, 1.807) is 0 Å². The van der Waals surface area contributed by atoms with Crippen LogP contribution >= 0.6 is 0 Å². The van der Waals surface area contributed by atoms with Crippen LogP contribution in [0.5, 0.6) is 23.0 Å². The van der Waals surface area contributed by atoms with Crippen molar-refractivity contribution in [2.24, 2.45) is 23.7 Å². The number of carbonyl (C=O) groups is 2. The molecule has 2 aliphatic heterocycles. The lowest BCUT2D eigenvalue weighted by Crippen LogP contribution is -2.29. The predicted molar refractivity (Wildman–Crippen MR) is 133 cm³/mol. The van der Waals surface area contributed by atoms with Crippen LogP contribution in [0.15, 0.2) is 72.8 Å². The van der Waals surface area contributed by atoms with Gasteiger partial charge in [0.1, 0.15) is 23.0 Å². The van der Waals surface area contributed by atoms with Crippen LogP contribution in [-0.2, 0) is 9.59 Å². The van der Waals surface area contributed by atoms with Crippen molar-refractivity contribution in [3.05, 3.63) is 78.4 Å². The van der Waals surface area contributed by atoms with Gasteiger partial charge in [-0.2, -0.15) is 0 Å². The quantitative estimate of drug-likeness (QED) is 0.512. The Balaban J connectivity index is 1.12. The zero-order valence-electron chi connectivity index (χ0n) is 19.9. The number of hydrogen-bond donors (Lipinski definition) is 0. The third kappa shape index (κ3) is 3.93. The molecule has 3 aromatic carbocycles. The van der Waals surface area contributed by atoms with Crippen molar-refractivity contribution < 1.29 is 19.1 Å². The summed E-state index contributed by atoms with van der Waals surface area (Å²) in [6.45, 7) is 3.50. The molecule has 3 fully saturated rings. The number of benzene rings is 3. The number of carbonyl (C=O) groups excluding carboxylic acids is 2. The van der Waals surface area contributed by atoms with Crippen LogP contribution in [0.25, 0.3) is 0 Å². The van der Waals surface area contributed by atoms with E-state index in [0.717, 1.165) is 18.0 Å². The number of aryl methyl sites for hydroxylation is 1. The Kier molecular flexibility index (Phi) is 5.24. The van der Waals surface area contributed by atoms with E-state index in [-0.39, 0.29) is 29.6 Å². The molecule has 0 radical (unpaired) electrons. The summed E-state index contributed by atoms with van der Waals surface area (Å²) in [6, 6.07) is 23.1. The van der Waals surface area contributed by atoms with Gasteiger partial charge in [0, 0.05) is 43.7 Å². The van der Waals surface area contributed by atoms with Gasteiger partial charge < -0.3 is 19.3 Å². The lowest BCUT2D eigenvalue weighted by atomic mass is 9.91. The van der Waals surface area contributed by atoms with Crippen molar-refractivity contribution in [2.45, 2.75) is 13.3 Å². The van der Waals surface area contributed by atoms with Gasteiger partial charge in [0.05, 0.1) is 0 Å². The lowest BCUT2D eigenvalue weighted by molar-refractivity contribution is -0.130. The summed E-state index contributed by atoms with van der Waals surface area (Å²) in [5.41, 5.74) is 2.06. The lowest BCUT2D eigenvalue weighted by Gasteiger charge is -2.20. The zero-order chi connectivity index (χ0) is 24.1. The molecule has 178 valence electrons. The Morgan fingerprint density at radius 2 is 1.29 bits per heavy atom. The van der Waals surface area contributed by atoms with Crippen LogP contribution in [0.4, 0.5) is 5.69 Å². The molecule has 4 unspecified atom stereocenters. The van der Waals surface area contributed by atoms with Gasteiger partial charge in [0.2, 0.25) is 11.8 Å². The molecule has 3 aliphatic rings. The van der Waals surface area contributed by atoms with Gasteiger partial charge >= 0.3 is 0 Å². The summed E-state index contributed by atoms with van der Waals surface area (Å²) >= 11 is 0. The first-order chi connectivity index (χ1) is 17.0. The van der Waals surface area contributed by atoms with Crippen LogP contribution < -0.4 is 14.4 Å². The number of hydrogen-bond acceptors (Lipinski definition) is 4. The molecule has 1 aliphatic carbocycles. The van der Waals surface area contributed by atoms with Gasteiger partial charge in [-0.25, -0.2) is 0 Å². The summed E-state index contributed by atoms with van der Waals surface area (Å²) < 4.78 is 12.0. The van der Waals surface area contributed by atoms with Crippen molar-refractivity contribution >= 4 is 17.5 Å². The molecular formula is C29H28N2O4. The van der Waals surface area contributed by atoms with Gasteiger partial charge in [-0.3, -0.25) is 9.59 Å². The molecule has 0 spiro atoms. The van der Waals surface area contributed by atoms with Gasteiger partial charge in [-0.15, -0.1) is 0 Å². The Morgan fingerprint density at radius 1 is 0.714 bits per heavy atom. The van der Waals surface area contributed by atoms with Crippen LogP contribution in [0.3, 0.4) is 0 Å². The number of anilines is 1. The highest BCUT2D eigenvalue weighted by Crippen LogP contribution is 2.50. The van der Waals surface area contributed by atoms with Gasteiger partial charge in [0.15, 0.2) is 0 Å². The molecule has 6 rings (SSSR count). The second-order valence-corrected chi connectivity index (χ2v) is 9.93. The summed E-state index contributed by atoms with van der Waals surface area (Å²) in [5, 5.41) is 0. The molecule has 6 nitrogen and oxygen atoms in total. The molecule has 2 amide bonds. The summed E-state index contributed by atoms with van der Waals surface area (Å²) in [4.78, 5) is 29.2. The van der Waals surface area contributed by atoms with E-state index in [2.05, 4.69) is 0 Å². The third-order valence-electron chi connectivity index (χ3n) is 7.69. The van der Waals surface area contributed by atoms with E-state index in [0.29, 0.717) is 36.1 Å². The first kappa shape index (κ1) is 21.7. The second-order valence-electron chi connectivity index (χ2n) is 9.93. The Bertz CT molecular complexity index is 1270. The molecule has 2 saturated heterocycles. The number of likely N-dealkylation sites (tertiary alicyclic amines) is 1. The molecule has 35 heavy (non-hydrogen) atoms. The summed E-state index contributed by atoms with van der Waals surface area (Å²) in [7, 11) is 1.87. The average Bonchev–Trinajstić information content (AvgIpc) is 3.46. The largest absolute Gasteiger partial charge is 0.457 e. The number of nitrogens with zero attached hydrogens (tertiary/aromatic N) is 2. The molecule has 1 saturated carbocycles. The van der Waals surface area contributed by atoms with Gasteiger partial charge in [0.25, 0.3) is 0 Å². The van der Waals surface area contributed by atoms with Crippen molar-refractivity contribution in [1.29, 1.82) is 0 Å². The molecule has 4 atom stereocenters. The smallest absolute Gasteiger partial charge is 0.230 e. The first-order valence-corrected chi connectivity index (χ1v) is 12.1. The third-order valence-corrected chi connectivity index (χ3v) is 7.69. The van der Waals surface area contributed by atoms with Crippen molar-refractivity contribution in [1.82, 2.24) is 4.90 Å². The SMILES string of the molecule is Cc1ccc(Oc2cccc(Oc3ccc(N4CC5C(CC6C(=O)N(C)CC65)C4=O)cc3)c2)cc1. The van der Waals surface area contributed by atoms with Crippen LogP contribution in [0.1, 0.15) is 12.0 Å². The second kappa shape index (κ2) is 8.45. The van der Waals surface area contributed by atoms with Crippen molar-refractivity contribution in [3.8, 4) is 23.0 Å². The van der Waals surface area contributed by atoms with Crippen LogP contribution in [0.2, 0.25) is 0 Å². The maximum Gasteiger partial charge on any atom is 0.230 e. The monoisotopic (exact) mass is 468 g/mol. The molecule has 3 aromatic rings. The van der Waals surface area contributed by atoms with E-state index in [4.69, 9.17) is 9.47 Å². The normalized spacial score (nSPS) is 25.1. The molecule has 6 heteroatoms. The van der Waals surface area contributed by atoms with Crippen molar-refractivity contribution in [2.75, 3.05) is 25.0 Å². The van der Waals surface area contributed by atoms with Crippen molar-refractivity contribution in [3.63, 3.8) is 0 Å². The molecule has 0 aromatic heterocycles. The minimum atomic E-state index is -0.0326. The van der Waals surface area contributed by atoms with E-state index < -0.39 is 0 Å². The topological polar surface area (TPSA) is 59.1 Å². The number of fused-ring (bicyclic) bond motifs is 3. The van der Waals surface area contributed by atoms with Gasteiger partial charge in [-0.05, 0) is 73.7 Å². The fourth-order valence-electron chi connectivity index (χ4n) is 5.91. The fourth-order valence-corrected chi connectivity index (χ4v) is 5.91. The number of rotatable bonds is 5. The Hall–Kier alpha value is -3.80. The van der Waals surface area contributed by atoms with Crippen LogP contribution in [-0.4, -0.2) is 36.9 Å². The standard InChI is InChI=1S/C29H28N2O4/c1-18-6-10-20(11-7-18)34-22-4-3-5-23(14-22)35-21-12-8-19(9-13-21)31-17-27-25(29(31)33)15-24-26(27)16-30(2)28(24)32/h3-14,24-27H,15-17H2,1-2H3. The number of amides is 2. The average molecular weight is 469 g/mol. The molecule has 0 bridgehead atoms. The molecule has 2 heterocycles. The van der Waals surface area contributed by atoms with Gasteiger partial charge in [-0.1, -0.05) is 23.8 Å². The van der Waals surface area contributed by atoms with E-state index >= 15 is 0 Å².